The van der Waals surface area contributed by atoms with Crippen molar-refractivity contribution in [3.8, 4) is 0 Å². The van der Waals surface area contributed by atoms with Crippen molar-refractivity contribution >= 4 is 5.91 Å². The maximum absolute atomic E-state index is 11.9. The first kappa shape index (κ1) is 9.04. The van der Waals surface area contributed by atoms with Crippen molar-refractivity contribution in [2.24, 2.45) is 16.7 Å². The lowest BCUT2D eigenvalue weighted by atomic mass is 10.0. The summed E-state index contributed by atoms with van der Waals surface area (Å²) < 4.78 is 0. The molecule has 2 fully saturated rings. The summed E-state index contributed by atoms with van der Waals surface area (Å²) in [6.45, 7) is 10.8. The average Bonchev–Trinajstić information content (AvgIpc) is 2.18. The molecule has 1 heterocycles. The van der Waals surface area contributed by atoms with Crippen molar-refractivity contribution in [1.82, 2.24) is 4.90 Å². The van der Waals surface area contributed by atoms with E-state index in [1.807, 2.05) is 4.90 Å². The highest BCUT2D eigenvalue weighted by atomic mass is 16.2. The molecular weight excluding hydrogens is 162 g/mol. The van der Waals surface area contributed by atoms with E-state index in [2.05, 4.69) is 27.7 Å². The van der Waals surface area contributed by atoms with Gasteiger partial charge in [-0.3, -0.25) is 4.79 Å². The first-order valence-corrected chi connectivity index (χ1v) is 5.18. The molecule has 74 valence electrons. The number of amides is 1. The molecule has 2 heteroatoms. The normalized spacial score (nSPS) is 29.7. The highest BCUT2D eigenvalue weighted by molar-refractivity contribution is 5.84. The number of rotatable bonds is 1. The van der Waals surface area contributed by atoms with E-state index in [1.165, 1.54) is 6.42 Å². The Bertz CT molecular complexity index is 237. The minimum absolute atomic E-state index is 0.208. The van der Waals surface area contributed by atoms with E-state index < -0.39 is 0 Å². The highest BCUT2D eigenvalue weighted by Crippen LogP contribution is 2.68. The van der Waals surface area contributed by atoms with Gasteiger partial charge in [-0.15, -0.1) is 0 Å². The van der Waals surface area contributed by atoms with E-state index in [9.17, 15) is 4.79 Å². The second-order valence-electron chi connectivity index (χ2n) is 5.56. The Morgan fingerprint density at radius 1 is 1.15 bits per heavy atom. The summed E-state index contributed by atoms with van der Waals surface area (Å²) >= 11 is 0. The van der Waals surface area contributed by atoms with Gasteiger partial charge < -0.3 is 4.90 Å². The Hall–Kier alpha value is -0.530. The van der Waals surface area contributed by atoms with Crippen LogP contribution in [-0.2, 0) is 4.79 Å². The Morgan fingerprint density at radius 2 is 1.62 bits per heavy atom. The summed E-state index contributed by atoms with van der Waals surface area (Å²) in [7, 11) is 0. The minimum Gasteiger partial charge on any atom is -0.342 e. The van der Waals surface area contributed by atoms with Crippen LogP contribution in [0.25, 0.3) is 0 Å². The third-order valence-corrected chi connectivity index (χ3v) is 4.44. The number of nitrogens with zero attached hydrogens (tertiary/aromatic N) is 1. The Balaban J connectivity index is 2.08. The molecule has 0 aromatic heterocycles. The zero-order chi connectivity index (χ0) is 9.85. The molecule has 0 atom stereocenters. The third kappa shape index (κ3) is 0.976. The van der Waals surface area contributed by atoms with E-state index in [0.717, 1.165) is 13.1 Å². The van der Waals surface area contributed by atoms with Crippen LogP contribution in [0, 0.1) is 16.7 Å². The fraction of sp³-hybridized carbons (Fsp3) is 0.909. The summed E-state index contributed by atoms with van der Waals surface area (Å²) in [6, 6.07) is 0. The predicted molar refractivity (Wildman–Crippen MR) is 52.2 cm³/mol. The molecule has 0 unspecified atom stereocenters. The number of carbonyl (C=O) groups excluding carboxylic acids is 1. The minimum atomic E-state index is 0.208. The van der Waals surface area contributed by atoms with Gasteiger partial charge in [0.15, 0.2) is 0 Å². The maximum Gasteiger partial charge on any atom is 0.226 e. The van der Waals surface area contributed by atoms with E-state index in [0.29, 0.717) is 5.91 Å². The highest BCUT2D eigenvalue weighted by Gasteiger charge is 2.68. The Morgan fingerprint density at radius 3 is 1.85 bits per heavy atom. The lowest BCUT2D eigenvalue weighted by Crippen LogP contribution is -2.43. The van der Waals surface area contributed by atoms with Crippen LogP contribution in [0.1, 0.15) is 34.1 Å². The van der Waals surface area contributed by atoms with Crippen molar-refractivity contribution < 1.29 is 4.79 Å². The van der Waals surface area contributed by atoms with Gasteiger partial charge in [0.2, 0.25) is 5.91 Å². The fourth-order valence-electron chi connectivity index (χ4n) is 2.53. The predicted octanol–water partition coefficient (Wildman–Crippen LogP) is 1.90. The Kier molecular flexibility index (Phi) is 1.59. The van der Waals surface area contributed by atoms with Crippen LogP contribution < -0.4 is 0 Å². The number of hydrogen-bond donors (Lipinski definition) is 0. The lowest BCUT2D eigenvalue weighted by Gasteiger charge is -2.31. The standard InChI is InChI=1S/C11H19NO/c1-10(2)8(11(10,3)4)9(13)12-6-5-7-12/h8H,5-7H2,1-4H3. The maximum atomic E-state index is 11.9. The van der Waals surface area contributed by atoms with Crippen LogP contribution in [0.5, 0.6) is 0 Å². The SMILES string of the molecule is CC1(C)C(C(=O)N2CCC2)C1(C)C. The third-order valence-electron chi connectivity index (χ3n) is 4.44. The fourth-order valence-corrected chi connectivity index (χ4v) is 2.53. The molecule has 0 bridgehead atoms. The Labute approximate surface area is 80.3 Å². The molecule has 1 amide bonds. The van der Waals surface area contributed by atoms with Gasteiger partial charge in [-0.25, -0.2) is 0 Å². The molecule has 0 N–H and O–H groups in total. The van der Waals surface area contributed by atoms with Crippen LogP contribution in [-0.4, -0.2) is 23.9 Å². The summed E-state index contributed by atoms with van der Waals surface area (Å²) in [6.07, 6.45) is 1.19. The number of likely N-dealkylation sites (tertiary alicyclic amines) is 1. The van der Waals surface area contributed by atoms with Gasteiger partial charge in [-0.1, -0.05) is 27.7 Å². The van der Waals surface area contributed by atoms with Gasteiger partial charge in [0.25, 0.3) is 0 Å². The second kappa shape index (κ2) is 2.28. The first-order valence-electron chi connectivity index (χ1n) is 5.18. The topological polar surface area (TPSA) is 20.3 Å². The molecule has 0 spiro atoms. The van der Waals surface area contributed by atoms with Gasteiger partial charge in [0.05, 0.1) is 0 Å². The molecule has 0 aromatic carbocycles. The molecule has 1 aliphatic heterocycles. The molecule has 1 aliphatic carbocycles. The second-order valence-corrected chi connectivity index (χ2v) is 5.56. The summed E-state index contributed by atoms with van der Waals surface area (Å²) in [5, 5.41) is 0. The van der Waals surface area contributed by atoms with E-state index >= 15 is 0 Å². The lowest BCUT2D eigenvalue weighted by molar-refractivity contribution is -0.137. The van der Waals surface area contributed by atoms with E-state index in [-0.39, 0.29) is 16.7 Å². The molecule has 1 saturated carbocycles. The van der Waals surface area contributed by atoms with Crippen molar-refractivity contribution in [3.05, 3.63) is 0 Å². The molecule has 2 aliphatic rings. The van der Waals surface area contributed by atoms with Crippen LogP contribution in [0.4, 0.5) is 0 Å². The first-order chi connectivity index (χ1) is 5.89. The van der Waals surface area contributed by atoms with Crippen molar-refractivity contribution in [2.45, 2.75) is 34.1 Å². The molecular formula is C11H19NO. The van der Waals surface area contributed by atoms with Crippen LogP contribution in [0.3, 0.4) is 0 Å². The van der Waals surface area contributed by atoms with Crippen molar-refractivity contribution in [3.63, 3.8) is 0 Å². The van der Waals surface area contributed by atoms with Crippen LogP contribution in [0.2, 0.25) is 0 Å². The van der Waals surface area contributed by atoms with Gasteiger partial charge in [-0.05, 0) is 17.3 Å². The molecule has 13 heavy (non-hydrogen) atoms. The van der Waals surface area contributed by atoms with E-state index in [1.54, 1.807) is 0 Å². The smallest absolute Gasteiger partial charge is 0.226 e. The van der Waals surface area contributed by atoms with Gasteiger partial charge in [0.1, 0.15) is 0 Å². The summed E-state index contributed by atoms with van der Waals surface area (Å²) in [5.74, 6) is 0.654. The summed E-state index contributed by atoms with van der Waals surface area (Å²) in [4.78, 5) is 13.9. The summed E-state index contributed by atoms with van der Waals surface area (Å²) in [5.41, 5.74) is 0.416. The quantitative estimate of drug-likeness (QED) is 0.605. The van der Waals surface area contributed by atoms with Crippen LogP contribution >= 0.6 is 0 Å². The molecule has 0 radical (unpaired) electrons. The zero-order valence-corrected chi connectivity index (χ0v) is 9.05. The average molecular weight is 181 g/mol. The van der Waals surface area contributed by atoms with Gasteiger partial charge >= 0.3 is 0 Å². The zero-order valence-electron chi connectivity index (χ0n) is 9.05. The van der Waals surface area contributed by atoms with E-state index in [4.69, 9.17) is 0 Å². The molecule has 2 nitrogen and oxygen atoms in total. The van der Waals surface area contributed by atoms with Crippen LogP contribution in [0.15, 0.2) is 0 Å². The number of carbonyl (C=O) groups is 1. The van der Waals surface area contributed by atoms with Gasteiger partial charge in [-0.2, -0.15) is 0 Å². The van der Waals surface area contributed by atoms with Crippen molar-refractivity contribution in [1.29, 1.82) is 0 Å². The molecule has 1 saturated heterocycles. The van der Waals surface area contributed by atoms with Gasteiger partial charge in [0, 0.05) is 19.0 Å². The van der Waals surface area contributed by atoms with Crippen molar-refractivity contribution in [2.75, 3.05) is 13.1 Å². The largest absolute Gasteiger partial charge is 0.342 e. The number of hydrogen-bond acceptors (Lipinski definition) is 1. The molecule has 2 rings (SSSR count). The molecule has 0 aromatic rings. The monoisotopic (exact) mass is 181 g/mol.